The first-order chi connectivity index (χ1) is 7.03. The number of hydrogen-bond acceptors (Lipinski definition) is 3. The van der Waals surface area contributed by atoms with Crippen molar-refractivity contribution >= 4 is 16.9 Å². The Kier molecular flexibility index (Phi) is 1.94. The molecular formula is C9H9N4O2. The number of nitrogens with zero attached hydrogens (tertiary/aromatic N) is 3. The van der Waals surface area contributed by atoms with Crippen LogP contribution in [0.2, 0.25) is 0 Å². The molecule has 77 valence electrons. The lowest BCUT2D eigenvalue weighted by atomic mass is 10.2. The van der Waals surface area contributed by atoms with Crippen molar-refractivity contribution in [2.24, 2.45) is 5.73 Å². The van der Waals surface area contributed by atoms with Crippen LogP contribution in [0, 0.1) is 0 Å². The molecule has 0 aliphatic rings. The lowest BCUT2D eigenvalue weighted by Crippen LogP contribution is -2.43. The van der Waals surface area contributed by atoms with Crippen LogP contribution in [0.1, 0.15) is 6.92 Å². The van der Waals surface area contributed by atoms with Gasteiger partial charge in [-0.3, -0.25) is 4.79 Å². The quantitative estimate of drug-likeness (QED) is 0.748. The molecule has 0 spiro atoms. The summed E-state index contributed by atoms with van der Waals surface area (Å²) in [5.41, 5.74) is 3.95. The Morgan fingerprint density at radius 3 is 2.80 bits per heavy atom. The first-order valence-corrected chi connectivity index (χ1v) is 4.35. The molecule has 0 saturated carbocycles. The van der Waals surface area contributed by atoms with Gasteiger partial charge in [-0.15, -0.1) is 5.10 Å². The molecule has 1 aromatic carbocycles. The second-order valence-electron chi connectivity index (χ2n) is 3.34. The minimum Gasteiger partial charge on any atom is -0.365 e. The fourth-order valence-electron chi connectivity index (χ4n) is 1.29. The topological polar surface area (TPSA) is 93.7 Å². The van der Waals surface area contributed by atoms with Crippen LogP contribution in [0.5, 0.6) is 0 Å². The van der Waals surface area contributed by atoms with Gasteiger partial charge in [-0.25, -0.2) is 4.68 Å². The number of hydrogen-bond donors (Lipinski definition) is 1. The highest BCUT2D eigenvalue weighted by molar-refractivity contribution is 5.83. The van der Waals surface area contributed by atoms with Crippen LogP contribution >= 0.6 is 0 Å². The zero-order chi connectivity index (χ0) is 11.1. The molecule has 0 aliphatic heterocycles. The summed E-state index contributed by atoms with van der Waals surface area (Å²) in [6.07, 6.45) is 0. The third-order valence-corrected chi connectivity index (χ3v) is 2.21. The maximum absolute atomic E-state index is 11.9. The molecule has 1 heterocycles. The summed E-state index contributed by atoms with van der Waals surface area (Å²) < 4.78 is 0.991. The summed E-state index contributed by atoms with van der Waals surface area (Å²) in [6.45, 7) is 1.16. The summed E-state index contributed by atoms with van der Waals surface area (Å²) in [4.78, 5) is 11.0. The van der Waals surface area contributed by atoms with E-state index in [0.29, 0.717) is 11.0 Å². The van der Waals surface area contributed by atoms with Gasteiger partial charge in [0.25, 0.3) is 11.6 Å². The Morgan fingerprint density at radius 2 is 2.13 bits per heavy atom. The van der Waals surface area contributed by atoms with E-state index in [2.05, 4.69) is 10.3 Å². The highest BCUT2D eigenvalue weighted by Gasteiger charge is 2.35. The summed E-state index contributed by atoms with van der Waals surface area (Å²) in [5, 5.41) is 19.3. The van der Waals surface area contributed by atoms with Gasteiger partial charge in [0.1, 0.15) is 5.52 Å². The van der Waals surface area contributed by atoms with E-state index in [0.717, 1.165) is 11.6 Å². The van der Waals surface area contributed by atoms with Crippen LogP contribution in [-0.2, 0) is 15.6 Å². The molecule has 1 unspecified atom stereocenters. The Labute approximate surface area is 85.3 Å². The van der Waals surface area contributed by atoms with E-state index >= 15 is 0 Å². The second kappa shape index (κ2) is 3.03. The maximum Gasteiger partial charge on any atom is 0.275 e. The molecule has 1 aromatic heterocycles. The van der Waals surface area contributed by atoms with Crippen LogP contribution in [0.4, 0.5) is 0 Å². The van der Waals surface area contributed by atoms with E-state index in [1.807, 2.05) is 0 Å². The fourth-order valence-corrected chi connectivity index (χ4v) is 1.29. The van der Waals surface area contributed by atoms with Crippen LogP contribution in [0.25, 0.3) is 11.0 Å². The lowest BCUT2D eigenvalue weighted by Gasteiger charge is -2.16. The molecule has 0 aliphatic carbocycles. The molecular weight excluding hydrogens is 196 g/mol. The molecule has 1 radical (unpaired) electrons. The second-order valence-corrected chi connectivity index (χ2v) is 3.34. The summed E-state index contributed by atoms with van der Waals surface area (Å²) >= 11 is 0. The normalized spacial score (nSPS) is 15.1. The van der Waals surface area contributed by atoms with Gasteiger partial charge in [-0.2, -0.15) is 5.11 Å². The first kappa shape index (κ1) is 9.60. The number of aromatic nitrogens is 3. The van der Waals surface area contributed by atoms with E-state index in [4.69, 9.17) is 5.73 Å². The van der Waals surface area contributed by atoms with Crippen LogP contribution in [-0.4, -0.2) is 20.9 Å². The van der Waals surface area contributed by atoms with Crippen molar-refractivity contribution in [3.63, 3.8) is 0 Å². The van der Waals surface area contributed by atoms with Crippen molar-refractivity contribution in [1.29, 1.82) is 0 Å². The number of primary amides is 1. The van der Waals surface area contributed by atoms with Crippen molar-refractivity contribution in [2.75, 3.05) is 0 Å². The van der Waals surface area contributed by atoms with E-state index in [-0.39, 0.29) is 0 Å². The monoisotopic (exact) mass is 205 g/mol. The van der Waals surface area contributed by atoms with Gasteiger partial charge in [0.2, 0.25) is 0 Å². The highest BCUT2D eigenvalue weighted by Crippen LogP contribution is 2.18. The van der Waals surface area contributed by atoms with Gasteiger partial charge >= 0.3 is 0 Å². The number of nitrogens with two attached hydrogens (primary N) is 1. The minimum atomic E-state index is -2.11. The molecule has 2 aromatic rings. The number of rotatable bonds is 2. The zero-order valence-electron chi connectivity index (χ0n) is 8.04. The van der Waals surface area contributed by atoms with Crippen molar-refractivity contribution in [3.05, 3.63) is 24.3 Å². The minimum absolute atomic E-state index is 0.494. The summed E-state index contributed by atoms with van der Waals surface area (Å²) in [6, 6.07) is 6.87. The standard InChI is InChI=1S/C9H9N4O2/c1-9(15,8(10)14)13-7-5-3-2-4-6(7)11-12-13/h2-5H,1H3,(H2,10,14). The third-order valence-electron chi connectivity index (χ3n) is 2.21. The largest absolute Gasteiger partial charge is 0.365 e. The Bertz CT molecular complexity index is 518. The Hall–Kier alpha value is -1.95. The third kappa shape index (κ3) is 1.35. The predicted molar refractivity (Wildman–Crippen MR) is 51.1 cm³/mol. The van der Waals surface area contributed by atoms with Crippen molar-refractivity contribution in [2.45, 2.75) is 12.6 Å². The zero-order valence-corrected chi connectivity index (χ0v) is 8.04. The molecule has 0 saturated heterocycles. The number of benzene rings is 1. The number of carbonyl (C=O) groups excluding carboxylic acids is 1. The Balaban J connectivity index is 2.67. The average Bonchev–Trinajstić information content (AvgIpc) is 2.61. The highest BCUT2D eigenvalue weighted by atomic mass is 16.3. The van der Waals surface area contributed by atoms with Crippen LogP contribution in [0.3, 0.4) is 0 Å². The molecule has 1 atom stereocenters. The van der Waals surface area contributed by atoms with Gasteiger partial charge in [0.05, 0.1) is 5.52 Å². The predicted octanol–water partition coefficient (Wildman–Crippen LogP) is 0.0198. The molecule has 6 nitrogen and oxygen atoms in total. The van der Waals surface area contributed by atoms with Crippen molar-refractivity contribution in [3.8, 4) is 0 Å². The van der Waals surface area contributed by atoms with Gasteiger partial charge in [-0.1, -0.05) is 17.3 Å². The smallest absolute Gasteiger partial charge is 0.275 e. The number of para-hydroxylation sites is 1. The summed E-state index contributed by atoms with van der Waals surface area (Å²) in [5.74, 6) is -0.988. The van der Waals surface area contributed by atoms with E-state index in [9.17, 15) is 9.90 Å². The van der Waals surface area contributed by atoms with Crippen molar-refractivity contribution in [1.82, 2.24) is 15.0 Å². The van der Waals surface area contributed by atoms with Gasteiger partial charge < -0.3 is 5.73 Å². The lowest BCUT2D eigenvalue weighted by molar-refractivity contribution is -0.157. The molecule has 1 amide bonds. The van der Waals surface area contributed by atoms with Gasteiger partial charge in [0, 0.05) is 0 Å². The SMILES string of the molecule is CC([O])(C(N)=O)n1nnc2ccccc21. The summed E-state index contributed by atoms with van der Waals surface area (Å²) in [7, 11) is 0. The fraction of sp³-hybridized carbons (Fsp3) is 0.222. The Morgan fingerprint density at radius 1 is 1.47 bits per heavy atom. The van der Waals surface area contributed by atoms with E-state index in [1.165, 1.54) is 0 Å². The molecule has 15 heavy (non-hydrogen) atoms. The average molecular weight is 205 g/mol. The number of amides is 1. The molecule has 2 rings (SSSR count). The molecule has 2 N–H and O–H groups in total. The number of carbonyl (C=O) groups is 1. The first-order valence-electron chi connectivity index (χ1n) is 4.35. The van der Waals surface area contributed by atoms with Gasteiger partial charge in [0.15, 0.2) is 0 Å². The van der Waals surface area contributed by atoms with Crippen LogP contribution in [0.15, 0.2) is 24.3 Å². The molecule has 0 bridgehead atoms. The molecule has 6 heteroatoms. The van der Waals surface area contributed by atoms with Crippen LogP contribution < -0.4 is 5.73 Å². The van der Waals surface area contributed by atoms with E-state index in [1.54, 1.807) is 24.3 Å². The van der Waals surface area contributed by atoms with Crippen molar-refractivity contribution < 1.29 is 9.90 Å². The number of fused-ring (bicyclic) bond motifs is 1. The van der Waals surface area contributed by atoms with Gasteiger partial charge in [-0.05, 0) is 19.1 Å². The van der Waals surface area contributed by atoms with E-state index < -0.39 is 11.6 Å². The molecule has 0 fully saturated rings. The maximum atomic E-state index is 11.9.